The highest BCUT2D eigenvalue weighted by Gasteiger charge is 2.54. The van der Waals surface area contributed by atoms with Crippen LogP contribution in [0, 0.1) is 0 Å². The van der Waals surface area contributed by atoms with Crippen molar-refractivity contribution in [1.82, 2.24) is 19.5 Å². The first-order valence-corrected chi connectivity index (χ1v) is 6.62. The Hall–Kier alpha value is -1.81. The highest BCUT2D eigenvalue weighted by atomic mass is 16.6. The lowest BCUT2D eigenvalue weighted by atomic mass is 9.89. The third kappa shape index (κ3) is 1.89. The number of nitrogen functional groups attached to an aromatic ring is 1. The van der Waals surface area contributed by atoms with Gasteiger partial charge >= 0.3 is 0 Å². The second-order valence-corrected chi connectivity index (χ2v) is 5.07. The molecule has 1 fully saturated rings. The summed E-state index contributed by atoms with van der Waals surface area (Å²) < 4.78 is 7.07. The number of imidazole rings is 1. The Labute approximate surface area is 120 Å². The van der Waals surface area contributed by atoms with Crippen LogP contribution < -0.4 is 5.73 Å². The molecular formula is C12H17N5O4. The quantitative estimate of drug-likeness (QED) is 0.553. The lowest BCUT2D eigenvalue weighted by Crippen LogP contribution is -2.48. The molecule has 0 aromatic carbocycles. The van der Waals surface area contributed by atoms with Gasteiger partial charge in [0.1, 0.15) is 29.7 Å². The van der Waals surface area contributed by atoms with Gasteiger partial charge in [0.15, 0.2) is 17.7 Å². The summed E-state index contributed by atoms with van der Waals surface area (Å²) in [5, 5.41) is 30.3. The van der Waals surface area contributed by atoms with Crippen LogP contribution in [-0.2, 0) is 4.74 Å². The van der Waals surface area contributed by atoms with E-state index in [0.29, 0.717) is 11.2 Å². The maximum absolute atomic E-state index is 10.5. The van der Waals surface area contributed by atoms with Crippen molar-refractivity contribution in [1.29, 1.82) is 0 Å². The maximum Gasteiger partial charge on any atom is 0.167 e. The molecule has 0 aliphatic carbocycles. The van der Waals surface area contributed by atoms with E-state index in [1.165, 1.54) is 17.2 Å². The first-order valence-electron chi connectivity index (χ1n) is 6.62. The average Bonchev–Trinajstić information content (AvgIpc) is 3.01. The van der Waals surface area contributed by atoms with E-state index in [4.69, 9.17) is 10.5 Å². The van der Waals surface area contributed by atoms with Gasteiger partial charge in [0.2, 0.25) is 0 Å². The van der Waals surface area contributed by atoms with Crippen molar-refractivity contribution in [2.45, 2.75) is 37.4 Å². The first kappa shape index (κ1) is 14.1. The van der Waals surface area contributed by atoms with E-state index in [1.807, 2.05) is 0 Å². The van der Waals surface area contributed by atoms with Crippen LogP contribution >= 0.6 is 0 Å². The summed E-state index contributed by atoms with van der Waals surface area (Å²) in [6.07, 6.45) is -0.0926. The summed E-state index contributed by atoms with van der Waals surface area (Å²) >= 11 is 0. The fourth-order valence-corrected chi connectivity index (χ4v) is 2.71. The third-order valence-corrected chi connectivity index (χ3v) is 4.04. The highest BCUT2D eigenvalue weighted by Crippen LogP contribution is 2.40. The molecule has 0 bridgehead atoms. The van der Waals surface area contributed by atoms with Gasteiger partial charge < -0.3 is 25.8 Å². The van der Waals surface area contributed by atoms with E-state index < -0.39 is 30.6 Å². The number of hydrogen-bond donors (Lipinski definition) is 4. The minimum atomic E-state index is -1.53. The predicted octanol–water partition coefficient (Wildman–Crippen LogP) is -1.20. The molecule has 3 heterocycles. The molecule has 1 aliphatic heterocycles. The van der Waals surface area contributed by atoms with Crippen molar-refractivity contribution in [3.05, 3.63) is 12.7 Å². The minimum Gasteiger partial charge on any atom is -0.394 e. The van der Waals surface area contributed by atoms with Crippen molar-refractivity contribution >= 4 is 17.0 Å². The Balaban J connectivity index is 2.06. The third-order valence-electron chi connectivity index (χ3n) is 4.04. The van der Waals surface area contributed by atoms with E-state index in [9.17, 15) is 15.3 Å². The molecule has 114 valence electrons. The van der Waals surface area contributed by atoms with Crippen LogP contribution in [0.5, 0.6) is 0 Å². The summed E-state index contributed by atoms with van der Waals surface area (Å²) in [5.41, 5.74) is 4.96. The lowest BCUT2D eigenvalue weighted by molar-refractivity contribution is -0.0944. The van der Waals surface area contributed by atoms with Crippen LogP contribution in [0.2, 0.25) is 0 Å². The number of nitrogens with zero attached hydrogens (tertiary/aromatic N) is 4. The number of rotatable bonds is 3. The number of anilines is 1. The molecule has 0 unspecified atom stereocenters. The first-order chi connectivity index (χ1) is 10.0. The predicted molar refractivity (Wildman–Crippen MR) is 72.0 cm³/mol. The fraction of sp³-hybridized carbons (Fsp3) is 0.583. The van der Waals surface area contributed by atoms with Crippen molar-refractivity contribution in [2.75, 3.05) is 12.3 Å². The van der Waals surface area contributed by atoms with Gasteiger partial charge in [-0.2, -0.15) is 0 Å². The van der Waals surface area contributed by atoms with Gasteiger partial charge in [-0.15, -0.1) is 0 Å². The molecule has 9 heteroatoms. The summed E-state index contributed by atoms with van der Waals surface area (Å²) in [7, 11) is 0. The molecule has 2 aromatic rings. The van der Waals surface area contributed by atoms with E-state index in [-0.39, 0.29) is 12.2 Å². The van der Waals surface area contributed by atoms with Crippen LogP contribution in [0.4, 0.5) is 5.82 Å². The van der Waals surface area contributed by atoms with Gasteiger partial charge in [-0.25, -0.2) is 15.0 Å². The number of nitrogens with two attached hydrogens (primary N) is 1. The zero-order valence-corrected chi connectivity index (χ0v) is 11.4. The zero-order valence-electron chi connectivity index (χ0n) is 11.4. The molecule has 4 atom stereocenters. The van der Waals surface area contributed by atoms with Gasteiger partial charge in [-0.3, -0.25) is 4.57 Å². The Kier molecular flexibility index (Phi) is 3.29. The molecule has 2 aromatic heterocycles. The van der Waals surface area contributed by atoms with Crippen LogP contribution in [0.15, 0.2) is 12.7 Å². The lowest BCUT2D eigenvalue weighted by Gasteiger charge is -2.28. The number of fused-ring (bicyclic) bond motifs is 1. The molecule has 9 nitrogen and oxygen atoms in total. The molecule has 3 rings (SSSR count). The molecule has 5 N–H and O–H groups in total. The fourth-order valence-electron chi connectivity index (χ4n) is 2.71. The number of aliphatic hydroxyl groups excluding tert-OH is 2. The summed E-state index contributed by atoms with van der Waals surface area (Å²) in [4.78, 5) is 12.0. The zero-order chi connectivity index (χ0) is 15.2. The maximum atomic E-state index is 10.5. The number of ether oxygens (including phenoxy) is 1. The summed E-state index contributed by atoms with van der Waals surface area (Å²) in [6, 6.07) is 0. The molecular weight excluding hydrogens is 278 g/mol. The van der Waals surface area contributed by atoms with E-state index >= 15 is 0 Å². The van der Waals surface area contributed by atoms with Crippen LogP contribution in [0.1, 0.15) is 19.6 Å². The minimum absolute atomic E-state index is 0.218. The SMILES string of the molecule is CC[C@]1(O)[C@@H](CO)O[C@@H](n2cnc3c(N)ncnc32)[C@@H]1O. The van der Waals surface area contributed by atoms with Gasteiger partial charge in [-0.05, 0) is 6.42 Å². The topological polar surface area (TPSA) is 140 Å². The molecule has 0 radical (unpaired) electrons. The molecule has 0 amide bonds. The van der Waals surface area contributed by atoms with Crippen LogP contribution in [0.25, 0.3) is 11.2 Å². The Morgan fingerprint density at radius 1 is 1.43 bits per heavy atom. The van der Waals surface area contributed by atoms with Crippen molar-refractivity contribution in [3.8, 4) is 0 Å². The molecule has 0 saturated carbocycles. The van der Waals surface area contributed by atoms with Gasteiger partial charge in [0.25, 0.3) is 0 Å². The second kappa shape index (κ2) is 4.88. The Morgan fingerprint density at radius 3 is 2.81 bits per heavy atom. The largest absolute Gasteiger partial charge is 0.394 e. The molecule has 0 spiro atoms. The Bertz CT molecular complexity index is 662. The normalized spacial score (nSPS) is 32.9. The summed E-state index contributed by atoms with van der Waals surface area (Å²) in [6.45, 7) is 1.31. The van der Waals surface area contributed by atoms with Gasteiger partial charge in [0.05, 0.1) is 12.9 Å². The summed E-state index contributed by atoms with van der Waals surface area (Å²) in [5.74, 6) is 0.218. The van der Waals surface area contributed by atoms with Crippen molar-refractivity contribution < 1.29 is 20.1 Å². The molecule has 1 saturated heterocycles. The van der Waals surface area contributed by atoms with Crippen LogP contribution in [-0.4, -0.2) is 59.3 Å². The standard InChI is InChI=1S/C12H17N5O4/c1-2-12(20)6(3-18)21-11(8(12)19)17-5-16-7-9(13)14-4-15-10(7)17/h4-6,8,11,18-20H,2-3H2,1H3,(H2,13,14,15)/t6-,8+,11-,12+/m1/s1. The Morgan fingerprint density at radius 2 is 2.19 bits per heavy atom. The van der Waals surface area contributed by atoms with Crippen molar-refractivity contribution in [3.63, 3.8) is 0 Å². The van der Waals surface area contributed by atoms with E-state index in [1.54, 1.807) is 6.92 Å². The second-order valence-electron chi connectivity index (χ2n) is 5.07. The number of hydrogen-bond acceptors (Lipinski definition) is 8. The average molecular weight is 295 g/mol. The monoisotopic (exact) mass is 295 g/mol. The van der Waals surface area contributed by atoms with Gasteiger partial charge in [-0.1, -0.05) is 6.92 Å². The molecule has 21 heavy (non-hydrogen) atoms. The van der Waals surface area contributed by atoms with Gasteiger partial charge in [0, 0.05) is 0 Å². The number of aliphatic hydroxyl groups is 3. The van der Waals surface area contributed by atoms with E-state index in [0.717, 1.165) is 0 Å². The van der Waals surface area contributed by atoms with Crippen molar-refractivity contribution in [2.24, 2.45) is 0 Å². The number of aromatic nitrogens is 4. The highest BCUT2D eigenvalue weighted by molar-refractivity contribution is 5.81. The molecule has 1 aliphatic rings. The van der Waals surface area contributed by atoms with Crippen LogP contribution in [0.3, 0.4) is 0 Å². The van der Waals surface area contributed by atoms with E-state index in [2.05, 4.69) is 15.0 Å². The smallest absolute Gasteiger partial charge is 0.167 e.